The molecule has 0 fully saturated rings. The zero-order valence-corrected chi connectivity index (χ0v) is 12.5. The summed E-state index contributed by atoms with van der Waals surface area (Å²) in [5.74, 6) is -1.08. The number of benzene rings is 1. The van der Waals surface area contributed by atoms with Gasteiger partial charge in [0.05, 0.1) is 6.61 Å². The van der Waals surface area contributed by atoms with Crippen molar-refractivity contribution in [2.45, 2.75) is 26.0 Å². The molecule has 1 N–H and O–H groups in total. The highest BCUT2D eigenvalue weighted by Gasteiger charge is 2.21. The van der Waals surface area contributed by atoms with E-state index in [9.17, 15) is 9.90 Å². The number of aryl methyl sites for hydroxylation is 2. The number of aromatic nitrogens is 2. The normalized spacial score (nSPS) is 10.8. The highest BCUT2D eigenvalue weighted by atomic mass is 35.5. The summed E-state index contributed by atoms with van der Waals surface area (Å²) in [4.78, 5) is 11.2. The van der Waals surface area contributed by atoms with Crippen LogP contribution in [0.25, 0.3) is 0 Å². The first-order valence-corrected chi connectivity index (χ1v) is 7.02. The highest BCUT2D eigenvalue weighted by Crippen LogP contribution is 2.21. The van der Waals surface area contributed by atoms with E-state index in [1.807, 2.05) is 18.2 Å². The van der Waals surface area contributed by atoms with E-state index in [0.717, 1.165) is 12.8 Å². The van der Waals surface area contributed by atoms with Gasteiger partial charge in [-0.05, 0) is 18.4 Å². The molecule has 0 radical (unpaired) electrons. The van der Waals surface area contributed by atoms with Crippen molar-refractivity contribution in [1.29, 1.82) is 0 Å². The van der Waals surface area contributed by atoms with Gasteiger partial charge < -0.3 is 9.84 Å². The second kappa shape index (κ2) is 7.24. The first-order chi connectivity index (χ1) is 10.1. The molecule has 1 aromatic heterocycles. The van der Waals surface area contributed by atoms with Crippen LogP contribution in [0.4, 0.5) is 0 Å². The number of hydrogen-bond donors (Lipinski definition) is 1. The molecular formula is C15H17ClN2O3. The Bertz CT molecular complexity index is 611. The van der Waals surface area contributed by atoms with Gasteiger partial charge in [-0.25, -0.2) is 4.79 Å². The Balaban J connectivity index is 2.06. The second-order valence-corrected chi connectivity index (χ2v) is 5.02. The third-order valence-electron chi connectivity index (χ3n) is 3.14. The third-order valence-corrected chi connectivity index (χ3v) is 3.52. The van der Waals surface area contributed by atoms with E-state index in [1.54, 1.807) is 0 Å². The maximum absolute atomic E-state index is 11.2. The van der Waals surface area contributed by atoms with Gasteiger partial charge in [0.2, 0.25) is 0 Å². The number of hydrogen-bond acceptors (Lipinski definition) is 3. The van der Waals surface area contributed by atoms with Crippen molar-refractivity contribution in [3.05, 3.63) is 52.3 Å². The molecule has 1 heterocycles. The van der Waals surface area contributed by atoms with Gasteiger partial charge in [-0.2, -0.15) is 5.10 Å². The van der Waals surface area contributed by atoms with E-state index in [0.29, 0.717) is 12.2 Å². The number of halogens is 1. The van der Waals surface area contributed by atoms with E-state index in [2.05, 4.69) is 17.2 Å². The SMILES string of the molecule is COCc1nn(CCCc2ccccc2)c(Cl)c1C(=O)O. The number of ether oxygens (including phenoxy) is 1. The van der Waals surface area contributed by atoms with Crippen molar-refractivity contribution < 1.29 is 14.6 Å². The van der Waals surface area contributed by atoms with Crippen molar-refractivity contribution in [2.75, 3.05) is 7.11 Å². The van der Waals surface area contributed by atoms with Gasteiger partial charge in [-0.1, -0.05) is 41.9 Å². The topological polar surface area (TPSA) is 64.4 Å². The molecule has 0 saturated carbocycles. The molecule has 6 heteroatoms. The first kappa shape index (κ1) is 15.5. The van der Waals surface area contributed by atoms with Gasteiger partial charge in [0.15, 0.2) is 0 Å². The fourth-order valence-corrected chi connectivity index (χ4v) is 2.48. The lowest BCUT2D eigenvalue weighted by Gasteiger charge is -2.03. The minimum atomic E-state index is -1.08. The van der Waals surface area contributed by atoms with E-state index < -0.39 is 5.97 Å². The highest BCUT2D eigenvalue weighted by molar-refractivity contribution is 6.32. The smallest absolute Gasteiger partial charge is 0.340 e. The molecule has 2 rings (SSSR count). The molecule has 1 aromatic carbocycles. The van der Waals surface area contributed by atoms with Gasteiger partial charge in [0, 0.05) is 13.7 Å². The number of aromatic carboxylic acids is 1. The molecule has 0 atom stereocenters. The summed E-state index contributed by atoms with van der Waals surface area (Å²) in [6, 6.07) is 10.1. The van der Waals surface area contributed by atoms with E-state index in [1.165, 1.54) is 17.4 Å². The largest absolute Gasteiger partial charge is 0.478 e. The summed E-state index contributed by atoms with van der Waals surface area (Å²) in [6.07, 6.45) is 1.72. The summed E-state index contributed by atoms with van der Waals surface area (Å²) in [5, 5.41) is 13.6. The predicted octanol–water partition coefficient (Wildman–Crippen LogP) is 3.01. The fourth-order valence-electron chi connectivity index (χ4n) is 2.16. The van der Waals surface area contributed by atoms with E-state index >= 15 is 0 Å². The van der Waals surface area contributed by atoms with Crippen molar-refractivity contribution in [3.63, 3.8) is 0 Å². The summed E-state index contributed by atoms with van der Waals surface area (Å²) in [7, 11) is 1.49. The van der Waals surface area contributed by atoms with Crippen LogP contribution >= 0.6 is 11.6 Å². The average molecular weight is 309 g/mol. The molecule has 0 aliphatic heterocycles. The van der Waals surface area contributed by atoms with Crippen LogP contribution in [-0.4, -0.2) is 28.0 Å². The Morgan fingerprint density at radius 1 is 1.38 bits per heavy atom. The van der Waals surface area contributed by atoms with Crippen molar-refractivity contribution >= 4 is 17.6 Å². The lowest BCUT2D eigenvalue weighted by Crippen LogP contribution is -2.03. The van der Waals surface area contributed by atoms with Crippen molar-refractivity contribution in [3.8, 4) is 0 Å². The lowest BCUT2D eigenvalue weighted by molar-refractivity contribution is 0.0692. The summed E-state index contributed by atoms with van der Waals surface area (Å²) < 4.78 is 6.49. The Morgan fingerprint density at radius 2 is 2.10 bits per heavy atom. The Kier molecular flexibility index (Phi) is 5.36. The number of methoxy groups -OCH3 is 1. The van der Waals surface area contributed by atoms with Gasteiger partial charge in [-0.15, -0.1) is 0 Å². The fraction of sp³-hybridized carbons (Fsp3) is 0.333. The van der Waals surface area contributed by atoms with Crippen LogP contribution in [0.2, 0.25) is 5.15 Å². The van der Waals surface area contributed by atoms with E-state index in [-0.39, 0.29) is 17.3 Å². The minimum absolute atomic E-state index is 0.0261. The molecule has 2 aromatic rings. The molecule has 21 heavy (non-hydrogen) atoms. The zero-order valence-electron chi connectivity index (χ0n) is 11.8. The number of nitrogens with zero attached hydrogens (tertiary/aromatic N) is 2. The van der Waals surface area contributed by atoms with Crippen LogP contribution in [0.15, 0.2) is 30.3 Å². The molecule has 0 aliphatic carbocycles. The van der Waals surface area contributed by atoms with Gasteiger partial charge >= 0.3 is 5.97 Å². The number of carboxylic acids is 1. The van der Waals surface area contributed by atoms with Crippen molar-refractivity contribution in [2.24, 2.45) is 0 Å². The molecule has 112 valence electrons. The van der Waals surface area contributed by atoms with Crippen LogP contribution in [0.1, 0.15) is 28.0 Å². The average Bonchev–Trinajstić information content (AvgIpc) is 2.77. The van der Waals surface area contributed by atoms with Gasteiger partial charge in [-0.3, -0.25) is 4.68 Å². The third kappa shape index (κ3) is 3.83. The molecule has 0 saturated heterocycles. The molecular weight excluding hydrogens is 292 g/mol. The Morgan fingerprint density at radius 3 is 2.71 bits per heavy atom. The summed E-state index contributed by atoms with van der Waals surface area (Å²) in [6.45, 7) is 0.699. The summed E-state index contributed by atoms with van der Waals surface area (Å²) >= 11 is 6.11. The van der Waals surface area contributed by atoms with E-state index in [4.69, 9.17) is 16.3 Å². The maximum Gasteiger partial charge on any atom is 0.340 e. The van der Waals surface area contributed by atoms with Crippen LogP contribution < -0.4 is 0 Å². The predicted molar refractivity (Wildman–Crippen MR) is 79.7 cm³/mol. The van der Waals surface area contributed by atoms with Crippen LogP contribution in [0, 0.1) is 0 Å². The molecule has 0 spiro atoms. The quantitative estimate of drug-likeness (QED) is 0.854. The number of carboxylic acid groups (broad SMARTS) is 1. The van der Waals surface area contributed by atoms with Crippen LogP contribution in [-0.2, 0) is 24.3 Å². The Hall–Kier alpha value is -1.85. The molecule has 0 bridgehead atoms. The second-order valence-electron chi connectivity index (χ2n) is 4.66. The molecule has 0 amide bonds. The van der Waals surface area contributed by atoms with Crippen molar-refractivity contribution in [1.82, 2.24) is 9.78 Å². The minimum Gasteiger partial charge on any atom is -0.478 e. The maximum atomic E-state index is 11.2. The van der Waals surface area contributed by atoms with Gasteiger partial charge in [0.25, 0.3) is 0 Å². The summed E-state index contributed by atoms with van der Waals surface area (Å²) in [5.41, 5.74) is 1.62. The Labute approximate surface area is 128 Å². The number of carbonyl (C=O) groups is 1. The standard InChI is InChI=1S/C15H17ClN2O3/c1-21-10-12-13(15(19)20)14(16)18(17-12)9-5-8-11-6-3-2-4-7-11/h2-4,6-7H,5,8-10H2,1H3,(H,19,20). The number of rotatable bonds is 7. The monoisotopic (exact) mass is 308 g/mol. The van der Waals surface area contributed by atoms with Gasteiger partial charge in [0.1, 0.15) is 16.4 Å². The molecule has 0 unspecified atom stereocenters. The molecule has 5 nitrogen and oxygen atoms in total. The van der Waals surface area contributed by atoms with Crippen LogP contribution in [0.3, 0.4) is 0 Å². The molecule has 0 aliphatic rings. The van der Waals surface area contributed by atoms with Crippen LogP contribution in [0.5, 0.6) is 0 Å². The lowest BCUT2D eigenvalue weighted by atomic mass is 10.1. The first-order valence-electron chi connectivity index (χ1n) is 6.64. The zero-order chi connectivity index (χ0) is 15.2.